The highest BCUT2D eigenvalue weighted by molar-refractivity contribution is 5.45. The molecular weight excluding hydrogens is 308 g/mol. The second-order valence-corrected chi connectivity index (χ2v) is 6.14. The fraction of sp³-hybridized carbons (Fsp3) is 0.364. The van der Waals surface area contributed by atoms with E-state index in [0.717, 1.165) is 37.4 Å². The quantitative estimate of drug-likeness (QED) is 0.787. The molecule has 0 amide bonds. The van der Waals surface area contributed by atoms with Gasteiger partial charge in [-0.2, -0.15) is 5.10 Å². The highest BCUT2D eigenvalue weighted by Gasteiger charge is 2.23. The third kappa shape index (κ3) is 3.68. The molecule has 0 bridgehead atoms. The number of rotatable bonds is 2. The first-order chi connectivity index (χ1) is 12.3. The molecule has 1 saturated heterocycles. The van der Waals surface area contributed by atoms with Gasteiger partial charge >= 0.3 is 0 Å². The molecule has 2 aliphatic rings. The molecule has 4 rings (SSSR count). The fourth-order valence-electron chi connectivity index (χ4n) is 3.20. The summed E-state index contributed by atoms with van der Waals surface area (Å²) in [5.74, 6) is 0.386. The van der Waals surface area contributed by atoms with Gasteiger partial charge in [0.2, 0.25) is 0 Å². The Bertz CT molecular complexity index is 891. The van der Waals surface area contributed by atoms with E-state index in [1.54, 1.807) is 0 Å². The van der Waals surface area contributed by atoms with Gasteiger partial charge in [-0.05, 0) is 50.1 Å². The van der Waals surface area contributed by atoms with Crippen LogP contribution in [0.1, 0.15) is 43.9 Å². The Morgan fingerprint density at radius 1 is 1.20 bits per heavy atom. The highest BCUT2D eigenvalue weighted by Crippen LogP contribution is 2.21. The van der Waals surface area contributed by atoms with E-state index in [1.165, 1.54) is 16.1 Å². The summed E-state index contributed by atoms with van der Waals surface area (Å²) in [6.07, 6.45) is 10.3. The van der Waals surface area contributed by atoms with Crippen molar-refractivity contribution in [2.75, 3.05) is 13.2 Å². The maximum atomic E-state index is 5.58. The molecule has 3 nitrogen and oxygen atoms in total. The molecule has 1 aliphatic heterocycles. The van der Waals surface area contributed by atoms with Crippen LogP contribution >= 0.6 is 0 Å². The van der Waals surface area contributed by atoms with E-state index in [-0.39, 0.29) is 0 Å². The third-order valence-corrected chi connectivity index (χ3v) is 4.48. The van der Waals surface area contributed by atoms with Gasteiger partial charge in [0.05, 0.1) is 23.3 Å². The molecule has 0 spiro atoms. The molecule has 1 fully saturated rings. The number of fused-ring (bicyclic) bond motifs is 1. The maximum Gasteiger partial charge on any atom is 0.0762 e. The Kier molecular flexibility index (Phi) is 5.70. The van der Waals surface area contributed by atoms with Gasteiger partial charge in [0.1, 0.15) is 0 Å². The lowest BCUT2D eigenvalue weighted by Crippen LogP contribution is -2.30. The first kappa shape index (κ1) is 17.5. The van der Waals surface area contributed by atoms with Gasteiger partial charge in [-0.1, -0.05) is 37.6 Å². The second-order valence-electron chi connectivity index (χ2n) is 6.14. The van der Waals surface area contributed by atoms with Crippen molar-refractivity contribution in [2.24, 2.45) is 0 Å². The number of allylic oxidation sites excluding steroid dienone is 1. The minimum absolute atomic E-state index is 0.386. The van der Waals surface area contributed by atoms with Crippen molar-refractivity contribution in [1.29, 1.82) is 0 Å². The van der Waals surface area contributed by atoms with Crippen LogP contribution in [0.5, 0.6) is 0 Å². The highest BCUT2D eigenvalue weighted by atomic mass is 16.5. The largest absolute Gasteiger partial charge is 0.381 e. The van der Waals surface area contributed by atoms with Crippen LogP contribution in [0.3, 0.4) is 0 Å². The zero-order valence-corrected chi connectivity index (χ0v) is 15.3. The number of ether oxygens (including phenoxy) is 1. The molecule has 1 atom stereocenters. The number of aromatic nitrogens is 2. The number of nitrogens with zero attached hydrogens (tertiary/aromatic N) is 2. The van der Waals surface area contributed by atoms with Gasteiger partial charge in [-0.3, -0.25) is 0 Å². The van der Waals surface area contributed by atoms with Crippen LogP contribution in [0, 0.1) is 6.92 Å². The minimum Gasteiger partial charge on any atom is -0.381 e. The Hall–Kier alpha value is -2.35. The average molecular weight is 334 g/mol. The van der Waals surface area contributed by atoms with Crippen molar-refractivity contribution in [3.63, 3.8) is 0 Å². The summed E-state index contributed by atoms with van der Waals surface area (Å²) in [7, 11) is 0. The van der Waals surface area contributed by atoms with E-state index in [1.807, 2.05) is 26.0 Å². The Balaban J connectivity index is 0.000000880. The van der Waals surface area contributed by atoms with E-state index in [4.69, 9.17) is 9.84 Å². The first-order valence-corrected chi connectivity index (χ1v) is 9.18. The van der Waals surface area contributed by atoms with Gasteiger partial charge in [-0.15, -0.1) is 5.73 Å². The lowest BCUT2D eigenvalue weighted by atomic mass is 10.0. The van der Waals surface area contributed by atoms with Crippen molar-refractivity contribution in [3.05, 3.63) is 64.0 Å². The van der Waals surface area contributed by atoms with Crippen LogP contribution < -0.4 is 10.6 Å². The number of benzene rings is 1. The van der Waals surface area contributed by atoms with Crippen LogP contribution in [0.2, 0.25) is 0 Å². The number of hydrogen-bond acceptors (Lipinski definition) is 2. The Labute approximate surface area is 149 Å². The topological polar surface area (TPSA) is 27.1 Å². The molecule has 1 aromatic carbocycles. The lowest BCUT2D eigenvalue weighted by molar-refractivity contribution is 0.193. The molecular formula is C22H26N2O. The van der Waals surface area contributed by atoms with Crippen molar-refractivity contribution in [1.82, 2.24) is 9.78 Å². The molecule has 2 heterocycles. The standard InChI is InChI=1S/C20H20N2O.C2H6/c1-15-8-10-17(11-9-15)22-19-7-5-3-2-4-6-18(19)20(21-22)16-12-13-23-14-16;1-2/h3-4,6-11,16H,5,12-14H2,1H3;1-2H3/b18-6+,19-7+;. The number of aryl methyl sites for hydroxylation is 1. The Morgan fingerprint density at radius 3 is 2.72 bits per heavy atom. The van der Waals surface area contributed by atoms with Crippen LogP contribution in [0.4, 0.5) is 0 Å². The fourth-order valence-corrected chi connectivity index (χ4v) is 3.20. The molecule has 2 aromatic rings. The van der Waals surface area contributed by atoms with E-state index >= 15 is 0 Å². The molecule has 0 radical (unpaired) electrons. The van der Waals surface area contributed by atoms with E-state index < -0.39 is 0 Å². The summed E-state index contributed by atoms with van der Waals surface area (Å²) in [6.45, 7) is 7.70. The third-order valence-electron chi connectivity index (χ3n) is 4.48. The minimum atomic E-state index is 0.386. The van der Waals surface area contributed by atoms with Crippen molar-refractivity contribution in [2.45, 2.75) is 39.5 Å². The van der Waals surface area contributed by atoms with Gasteiger partial charge in [0, 0.05) is 17.7 Å². The lowest BCUT2D eigenvalue weighted by Gasteiger charge is -2.04. The van der Waals surface area contributed by atoms with E-state index in [9.17, 15) is 0 Å². The van der Waals surface area contributed by atoms with Crippen LogP contribution in [-0.4, -0.2) is 23.0 Å². The smallest absolute Gasteiger partial charge is 0.0762 e. The molecule has 1 unspecified atom stereocenters. The molecule has 1 aromatic heterocycles. The predicted molar refractivity (Wildman–Crippen MR) is 103 cm³/mol. The van der Waals surface area contributed by atoms with Crippen LogP contribution in [0.25, 0.3) is 17.8 Å². The summed E-state index contributed by atoms with van der Waals surface area (Å²) in [5.41, 5.74) is 6.71. The molecule has 25 heavy (non-hydrogen) atoms. The monoisotopic (exact) mass is 334 g/mol. The zero-order chi connectivity index (χ0) is 17.6. The summed E-state index contributed by atoms with van der Waals surface area (Å²) in [5, 5.41) is 7.35. The first-order valence-electron chi connectivity index (χ1n) is 9.18. The predicted octanol–water partition coefficient (Wildman–Crippen LogP) is 3.39. The second kappa shape index (κ2) is 8.15. The molecule has 3 heteroatoms. The molecule has 0 N–H and O–H groups in total. The molecule has 1 aliphatic carbocycles. The van der Waals surface area contributed by atoms with Gasteiger partial charge in [-0.25, -0.2) is 4.68 Å². The van der Waals surface area contributed by atoms with E-state index in [0.29, 0.717) is 5.92 Å². The van der Waals surface area contributed by atoms with Crippen LogP contribution in [-0.2, 0) is 4.74 Å². The van der Waals surface area contributed by atoms with Crippen LogP contribution in [0.15, 0.2) is 42.1 Å². The van der Waals surface area contributed by atoms with Crippen molar-refractivity contribution in [3.8, 4) is 5.69 Å². The summed E-state index contributed by atoms with van der Waals surface area (Å²) < 4.78 is 7.66. The van der Waals surface area contributed by atoms with Crippen molar-refractivity contribution < 1.29 is 4.74 Å². The summed E-state index contributed by atoms with van der Waals surface area (Å²) >= 11 is 0. The summed E-state index contributed by atoms with van der Waals surface area (Å²) in [4.78, 5) is 0. The van der Waals surface area contributed by atoms with Crippen molar-refractivity contribution >= 4 is 12.2 Å². The normalized spacial score (nSPS) is 21.0. The molecule has 130 valence electrons. The molecule has 0 saturated carbocycles. The zero-order valence-electron chi connectivity index (χ0n) is 15.3. The number of hydrogen-bond donors (Lipinski definition) is 0. The Morgan fingerprint density at radius 2 is 2.00 bits per heavy atom. The summed E-state index contributed by atoms with van der Waals surface area (Å²) in [6, 6.07) is 8.54. The maximum absolute atomic E-state index is 5.58. The van der Waals surface area contributed by atoms with Gasteiger partial charge in [0.25, 0.3) is 0 Å². The average Bonchev–Trinajstić information content (AvgIpc) is 3.25. The van der Waals surface area contributed by atoms with E-state index in [2.05, 4.69) is 53.8 Å². The van der Waals surface area contributed by atoms with Gasteiger partial charge < -0.3 is 4.74 Å². The van der Waals surface area contributed by atoms with Gasteiger partial charge in [0.15, 0.2) is 0 Å². The SMILES string of the molecule is CC.Cc1ccc(-n2nc(C3CCOC3)c3/c2=C\CC=C=C\C=3)cc1.